The van der Waals surface area contributed by atoms with Crippen LogP contribution >= 0.6 is 0 Å². The van der Waals surface area contributed by atoms with Gasteiger partial charge in [-0.15, -0.1) is 0 Å². The van der Waals surface area contributed by atoms with Crippen LogP contribution < -0.4 is 23.7 Å². The molecule has 4 aromatic rings. The van der Waals surface area contributed by atoms with Crippen molar-refractivity contribution in [1.82, 2.24) is 0 Å². The molecule has 2 unspecified atom stereocenters. The van der Waals surface area contributed by atoms with E-state index in [-0.39, 0.29) is 17.5 Å². The number of esters is 2. The number of unbranched alkanes of at least 4 members (excludes halogenated alkanes) is 8. The van der Waals surface area contributed by atoms with E-state index >= 15 is 0 Å². The molecule has 61 heavy (non-hydrogen) atoms. The summed E-state index contributed by atoms with van der Waals surface area (Å²) in [5.74, 6) is 1.07. The van der Waals surface area contributed by atoms with Gasteiger partial charge in [0.1, 0.15) is 34.5 Å². The number of rotatable bonds is 27. The third-order valence-electron chi connectivity index (χ3n) is 9.85. The number of Topliss-reactive ketones (excluding diaryl/α,β-unsaturated/α-hetero) is 1. The molecule has 0 aliphatic heterocycles. The summed E-state index contributed by atoms with van der Waals surface area (Å²) in [4.78, 5) is 38.1. The standard InChI is InChI=1S/C50H56O11/c1-2-47(52)59-35-15-8-7-14-33-57-41-24-20-39(21-25-41)50(55)61-43-28-26-42(27-29-43)60-49(54)38-18-22-40(23-19-38)56-32-12-5-3-4-6-13-34-58-44-30-31-45(46(51)36-44)48(53)37-16-10-9-11-17-37/h2,9-11,16,18-31,36-37,47,51-52H,1,3-8,12-15,17,32-35H2. The van der Waals surface area contributed by atoms with E-state index in [0.29, 0.717) is 78.3 Å². The number of hydrogen-bond donors (Lipinski definition) is 2. The minimum Gasteiger partial charge on any atom is -0.507 e. The Bertz CT molecular complexity index is 2040. The van der Waals surface area contributed by atoms with Gasteiger partial charge in [-0.25, -0.2) is 9.59 Å². The number of carbonyl (C=O) groups is 3. The van der Waals surface area contributed by atoms with Crippen molar-refractivity contribution >= 4 is 17.7 Å². The molecule has 0 saturated heterocycles. The zero-order valence-corrected chi connectivity index (χ0v) is 34.6. The summed E-state index contributed by atoms with van der Waals surface area (Å²) >= 11 is 0. The van der Waals surface area contributed by atoms with Crippen LogP contribution in [0.15, 0.2) is 128 Å². The quantitative estimate of drug-likeness (QED) is 0.0148. The highest BCUT2D eigenvalue weighted by Crippen LogP contribution is 2.28. The van der Waals surface area contributed by atoms with Crippen molar-refractivity contribution in [2.75, 3.05) is 26.4 Å². The molecule has 0 fully saturated rings. The number of allylic oxidation sites excluding steroid dienone is 4. The van der Waals surface area contributed by atoms with Gasteiger partial charge in [0.25, 0.3) is 0 Å². The number of phenols is 1. The van der Waals surface area contributed by atoms with Gasteiger partial charge in [0.05, 0.1) is 43.1 Å². The number of aliphatic hydroxyl groups is 1. The van der Waals surface area contributed by atoms with Crippen LogP contribution in [0.3, 0.4) is 0 Å². The minimum absolute atomic E-state index is 0.0515. The maximum atomic E-state index is 12.8. The topological polar surface area (TPSA) is 147 Å². The first kappa shape index (κ1) is 45.9. The number of aromatic hydroxyl groups is 1. The molecule has 1 aliphatic carbocycles. The number of ether oxygens (including phenoxy) is 6. The molecule has 0 spiro atoms. The van der Waals surface area contributed by atoms with E-state index in [1.54, 1.807) is 84.9 Å². The van der Waals surface area contributed by atoms with Gasteiger partial charge in [-0.05, 0) is 130 Å². The van der Waals surface area contributed by atoms with Crippen molar-refractivity contribution in [2.45, 2.75) is 76.9 Å². The van der Waals surface area contributed by atoms with Crippen molar-refractivity contribution in [3.05, 3.63) is 145 Å². The molecule has 4 aromatic carbocycles. The third-order valence-corrected chi connectivity index (χ3v) is 9.85. The smallest absolute Gasteiger partial charge is 0.343 e. The summed E-state index contributed by atoms with van der Waals surface area (Å²) in [7, 11) is 0. The second-order valence-corrected chi connectivity index (χ2v) is 14.6. The van der Waals surface area contributed by atoms with Crippen LogP contribution in [-0.2, 0) is 4.74 Å². The average Bonchev–Trinajstić information content (AvgIpc) is 3.29. The summed E-state index contributed by atoms with van der Waals surface area (Å²) < 4.78 is 33.6. The summed E-state index contributed by atoms with van der Waals surface area (Å²) in [6.07, 6.45) is 18.3. The van der Waals surface area contributed by atoms with Crippen LogP contribution in [0.5, 0.6) is 34.5 Å². The molecule has 0 aromatic heterocycles. The highest BCUT2D eigenvalue weighted by atomic mass is 16.6. The molecule has 1 aliphatic rings. The monoisotopic (exact) mass is 832 g/mol. The fourth-order valence-electron chi connectivity index (χ4n) is 6.38. The number of phenolic OH excluding ortho intramolecular Hbond substituents is 1. The number of aliphatic hydroxyl groups excluding tert-OH is 1. The molecule has 0 saturated carbocycles. The molecule has 0 heterocycles. The van der Waals surface area contributed by atoms with Crippen LogP contribution in [0.1, 0.15) is 102 Å². The molecule has 0 bridgehead atoms. The van der Waals surface area contributed by atoms with E-state index in [1.807, 2.05) is 24.3 Å². The summed E-state index contributed by atoms with van der Waals surface area (Å²) in [6.45, 7) is 5.61. The molecule has 11 heteroatoms. The highest BCUT2D eigenvalue weighted by molar-refractivity contribution is 6.01. The zero-order valence-electron chi connectivity index (χ0n) is 34.6. The Labute approximate surface area is 358 Å². The molecule has 0 amide bonds. The predicted octanol–water partition coefficient (Wildman–Crippen LogP) is 10.4. The Morgan fingerprint density at radius 2 is 1.03 bits per heavy atom. The van der Waals surface area contributed by atoms with Crippen LogP contribution in [0, 0.1) is 5.92 Å². The van der Waals surface area contributed by atoms with E-state index < -0.39 is 18.2 Å². The average molecular weight is 833 g/mol. The largest absolute Gasteiger partial charge is 0.507 e. The highest BCUT2D eigenvalue weighted by Gasteiger charge is 2.21. The first-order valence-electron chi connectivity index (χ1n) is 21.0. The van der Waals surface area contributed by atoms with E-state index in [0.717, 1.165) is 64.2 Å². The van der Waals surface area contributed by atoms with Gasteiger partial charge in [-0.3, -0.25) is 4.79 Å². The van der Waals surface area contributed by atoms with Gasteiger partial charge in [-0.1, -0.05) is 63.0 Å². The van der Waals surface area contributed by atoms with Crippen LogP contribution in [-0.4, -0.2) is 60.7 Å². The lowest BCUT2D eigenvalue weighted by atomic mass is 9.91. The van der Waals surface area contributed by atoms with Crippen LogP contribution in [0.25, 0.3) is 0 Å². The van der Waals surface area contributed by atoms with Crippen molar-refractivity contribution < 1.29 is 53.0 Å². The summed E-state index contributed by atoms with van der Waals surface area (Å²) in [5.41, 5.74) is 1.06. The van der Waals surface area contributed by atoms with Gasteiger partial charge in [0.15, 0.2) is 12.1 Å². The van der Waals surface area contributed by atoms with Gasteiger partial charge >= 0.3 is 11.9 Å². The van der Waals surface area contributed by atoms with Gasteiger partial charge in [-0.2, -0.15) is 0 Å². The predicted molar refractivity (Wildman–Crippen MR) is 233 cm³/mol. The van der Waals surface area contributed by atoms with Crippen LogP contribution in [0.4, 0.5) is 0 Å². The first-order chi connectivity index (χ1) is 29.8. The molecule has 0 radical (unpaired) electrons. The number of carbonyl (C=O) groups excluding carboxylic acids is 3. The molecule has 2 atom stereocenters. The Morgan fingerprint density at radius 3 is 1.49 bits per heavy atom. The molecule has 5 rings (SSSR count). The van der Waals surface area contributed by atoms with E-state index in [9.17, 15) is 24.6 Å². The Balaban J connectivity index is 0.890. The Morgan fingerprint density at radius 1 is 0.590 bits per heavy atom. The lowest BCUT2D eigenvalue weighted by Crippen LogP contribution is -2.13. The Kier molecular flexibility index (Phi) is 19.2. The maximum Gasteiger partial charge on any atom is 0.343 e. The van der Waals surface area contributed by atoms with E-state index in [2.05, 4.69) is 6.58 Å². The van der Waals surface area contributed by atoms with Crippen LogP contribution in [0.2, 0.25) is 0 Å². The van der Waals surface area contributed by atoms with Crippen molar-refractivity contribution in [3.63, 3.8) is 0 Å². The number of benzene rings is 4. The summed E-state index contributed by atoms with van der Waals surface area (Å²) in [5, 5.41) is 19.7. The normalized spacial score (nSPS) is 13.6. The fraction of sp³-hybridized carbons (Fsp3) is 0.340. The van der Waals surface area contributed by atoms with Gasteiger partial charge < -0.3 is 38.6 Å². The first-order valence-corrected chi connectivity index (χ1v) is 21.0. The maximum absolute atomic E-state index is 12.8. The third kappa shape index (κ3) is 16.1. The Hall–Kier alpha value is -6.17. The second kappa shape index (κ2) is 25.5. The van der Waals surface area contributed by atoms with E-state index in [4.69, 9.17) is 28.4 Å². The number of ketones is 1. The lowest BCUT2D eigenvalue weighted by Gasteiger charge is -2.14. The SMILES string of the molecule is C=CC(O)OCCCCCCOc1ccc(C(=O)Oc2ccc(OC(=O)c3ccc(OCCCCCCCCOc4ccc(C(=O)C5C=CC=CC5)c(O)c4)cc3)cc2)cc1. The number of hydrogen-bond acceptors (Lipinski definition) is 11. The van der Waals surface area contributed by atoms with Crippen molar-refractivity contribution in [3.8, 4) is 34.5 Å². The van der Waals surface area contributed by atoms with E-state index in [1.165, 1.54) is 12.1 Å². The van der Waals surface area contributed by atoms with Crippen molar-refractivity contribution in [1.29, 1.82) is 0 Å². The fourth-order valence-corrected chi connectivity index (χ4v) is 6.38. The zero-order chi connectivity index (χ0) is 43.1. The summed E-state index contributed by atoms with van der Waals surface area (Å²) in [6, 6.07) is 24.7. The van der Waals surface area contributed by atoms with Gasteiger partial charge in [0, 0.05) is 12.0 Å². The molecular weight excluding hydrogens is 777 g/mol. The molecular formula is C50H56O11. The molecule has 11 nitrogen and oxygen atoms in total. The van der Waals surface area contributed by atoms with Gasteiger partial charge in [0.2, 0.25) is 0 Å². The minimum atomic E-state index is -0.914. The van der Waals surface area contributed by atoms with Crippen molar-refractivity contribution in [2.24, 2.45) is 5.92 Å². The molecule has 2 N–H and O–H groups in total. The lowest BCUT2D eigenvalue weighted by molar-refractivity contribution is -0.0649. The second-order valence-electron chi connectivity index (χ2n) is 14.6. The molecule has 322 valence electrons.